The largest absolute Gasteiger partial charge is 0.363 e. The lowest BCUT2D eigenvalue weighted by atomic mass is 10.1. The fourth-order valence-corrected chi connectivity index (χ4v) is 3.23. The van der Waals surface area contributed by atoms with Crippen molar-refractivity contribution in [2.75, 3.05) is 46.2 Å². The number of nitrogens with one attached hydrogen (secondary N) is 2. The molecule has 6 nitrogen and oxygen atoms in total. The van der Waals surface area contributed by atoms with Crippen LogP contribution in [0.5, 0.6) is 0 Å². The van der Waals surface area contributed by atoms with Gasteiger partial charge in [-0.05, 0) is 24.1 Å². The lowest BCUT2D eigenvalue weighted by Gasteiger charge is -2.13. The average molecular weight is 389 g/mol. The van der Waals surface area contributed by atoms with Crippen molar-refractivity contribution in [2.45, 2.75) is 24.3 Å². The monoisotopic (exact) mass is 388 g/mol. The number of amides is 1. The number of carbonyl (C=O) groups is 1. The van der Waals surface area contributed by atoms with Crippen LogP contribution in [0.4, 0.5) is 5.82 Å². The Bertz CT molecular complexity index is 764. The Labute approximate surface area is 166 Å². The van der Waals surface area contributed by atoms with E-state index in [0.29, 0.717) is 12.1 Å². The van der Waals surface area contributed by atoms with Crippen LogP contribution in [0.25, 0.3) is 0 Å². The standard InChI is InChI=1S/C20H29N5OS/c1-6-17-13-18(25(4)5)23-20(22-17)27-14-15-8-7-9-16(12-15)19(26)21-10-11-24(2)3/h7-9,12-13H,6,10-11,14H2,1-5H3,(H,21,26)/p+1. The van der Waals surface area contributed by atoms with Crippen LogP contribution in [-0.4, -0.2) is 57.2 Å². The zero-order valence-corrected chi connectivity index (χ0v) is 17.7. The van der Waals surface area contributed by atoms with Gasteiger partial charge in [0.15, 0.2) is 5.16 Å². The van der Waals surface area contributed by atoms with Crippen molar-refractivity contribution in [1.29, 1.82) is 0 Å². The molecule has 0 spiro atoms. The molecule has 2 aromatic rings. The van der Waals surface area contributed by atoms with Gasteiger partial charge in [0.25, 0.3) is 5.91 Å². The number of aryl methyl sites for hydroxylation is 1. The summed E-state index contributed by atoms with van der Waals surface area (Å²) in [4.78, 5) is 24.8. The van der Waals surface area contributed by atoms with Gasteiger partial charge >= 0.3 is 0 Å². The average Bonchev–Trinajstić information content (AvgIpc) is 2.65. The molecule has 1 amide bonds. The quantitative estimate of drug-likeness (QED) is 0.500. The third-order valence-electron chi connectivity index (χ3n) is 4.03. The van der Waals surface area contributed by atoms with E-state index < -0.39 is 0 Å². The van der Waals surface area contributed by atoms with E-state index >= 15 is 0 Å². The Kier molecular flexibility index (Phi) is 8.06. The highest BCUT2D eigenvalue weighted by Crippen LogP contribution is 2.23. The molecule has 146 valence electrons. The van der Waals surface area contributed by atoms with Crippen LogP contribution in [0.3, 0.4) is 0 Å². The molecule has 2 rings (SSSR count). The molecule has 0 aliphatic rings. The van der Waals surface area contributed by atoms with E-state index in [2.05, 4.69) is 36.3 Å². The van der Waals surface area contributed by atoms with Crippen molar-refractivity contribution in [1.82, 2.24) is 15.3 Å². The van der Waals surface area contributed by atoms with E-state index in [1.54, 1.807) is 11.8 Å². The topological polar surface area (TPSA) is 62.6 Å². The molecule has 1 heterocycles. The summed E-state index contributed by atoms with van der Waals surface area (Å²) in [5, 5.41) is 3.74. The van der Waals surface area contributed by atoms with Gasteiger partial charge in [-0.25, -0.2) is 9.97 Å². The Balaban J connectivity index is 2.02. The highest BCUT2D eigenvalue weighted by Gasteiger charge is 2.09. The van der Waals surface area contributed by atoms with Crippen LogP contribution in [0.2, 0.25) is 0 Å². The lowest BCUT2D eigenvalue weighted by Crippen LogP contribution is -3.06. The molecule has 0 aliphatic carbocycles. The molecule has 0 radical (unpaired) electrons. The van der Waals surface area contributed by atoms with Gasteiger partial charge in [0.2, 0.25) is 0 Å². The van der Waals surface area contributed by atoms with Gasteiger partial charge in [-0.1, -0.05) is 30.8 Å². The van der Waals surface area contributed by atoms with Gasteiger partial charge in [-0.15, -0.1) is 0 Å². The first kappa shape index (κ1) is 21.2. The van der Waals surface area contributed by atoms with Crippen molar-refractivity contribution >= 4 is 23.5 Å². The second-order valence-corrected chi connectivity index (χ2v) is 7.89. The SMILES string of the molecule is CCc1cc(N(C)C)nc(SCc2cccc(C(=O)NCC[NH+](C)C)c2)n1. The maximum absolute atomic E-state index is 12.3. The Morgan fingerprint density at radius 3 is 2.67 bits per heavy atom. The molecule has 0 bridgehead atoms. The van der Waals surface area contributed by atoms with Gasteiger partial charge in [-0.2, -0.15) is 0 Å². The van der Waals surface area contributed by atoms with Crippen LogP contribution >= 0.6 is 11.8 Å². The van der Waals surface area contributed by atoms with Gasteiger partial charge in [0.1, 0.15) is 5.82 Å². The highest BCUT2D eigenvalue weighted by molar-refractivity contribution is 7.98. The zero-order valence-electron chi connectivity index (χ0n) is 16.9. The van der Waals surface area contributed by atoms with E-state index in [1.807, 2.05) is 49.3 Å². The highest BCUT2D eigenvalue weighted by atomic mass is 32.2. The first-order valence-corrected chi connectivity index (χ1v) is 10.2. The normalized spacial score (nSPS) is 10.9. The summed E-state index contributed by atoms with van der Waals surface area (Å²) in [7, 11) is 8.11. The number of hydrogen-bond acceptors (Lipinski definition) is 5. The number of quaternary nitrogens is 1. The molecule has 1 aromatic heterocycles. The number of rotatable bonds is 9. The maximum Gasteiger partial charge on any atom is 0.251 e. The van der Waals surface area contributed by atoms with Crippen LogP contribution < -0.4 is 15.1 Å². The van der Waals surface area contributed by atoms with Crippen molar-refractivity contribution in [3.05, 3.63) is 47.2 Å². The minimum Gasteiger partial charge on any atom is -0.363 e. The molecule has 0 saturated carbocycles. The number of nitrogens with zero attached hydrogens (tertiary/aromatic N) is 3. The van der Waals surface area contributed by atoms with Crippen LogP contribution in [0, 0.1) is 0 Å². The molecule has 2 N–H and O–H groups in total. The van der Waals surface area contributed by atoms with Crippen LogP contribution in [0.1, 0.15) is 28.5 Å². The molecule has 0 atom stereocenters. The lowest BCUT2D eigenvalue weighted by molar-refractivity contribution is -0.856. The third kappa shape index (κ3) is 6.84. The van der Waals surface area contributed by atoms with Crippen molar-refractivity contribution in [3.8, 4) is 0 Å². The number of benzene rings is 1. The summed E-state index contributed by atoms with van der Waals surface area (Å²) < 4.78 is 0. The smallest absolute Gasteiger partial charge is 0.251 e. The van der Waals surface area contributed by atoms with Crippen molar-refractivity contribution in [3.63, 3.8) is 0 Å². The molecular formula is C20H30N5OS+. The van der Waals surface area contributed by atoms with E-state index in [4.69, 9.17) is 0 Å². The van der Waals surface area contributed by atoms with E-state index in [1.165, 1.54) is 4.90 Å². The molecule has 0 unspecified atom stereocenters. The molecular weight excluding hydrogens is 358 g/mol. The second kappa shape index (κ2) is 10.3. The summed E-state index contributed by atoms with van der Waals surface area (Å²) in [5.41, 5.74) is 2.81. The van der Waals surface area contributed by atoms with Gasteiger partial charge in [-0.3, -0.25) is 4.79 Å². The van der Waals surface area contributed by atoms with E-state index in [9.17, 15) is 4.79 Å². The number of carbonyl (C=O) groups excluding carboxylic acids is 1. The number of thioether (sulfide) groups is 1. The summed E-state index contributed by atoms with van der Waals surface area (Å²) in [5.74, 6) is 1.62. The fraction of sp³-hybridized carbons (Fsp3) is 0.450. The number of hydrogen-bond donors (Lipinski definition) is 2. The molecule has 7 heteroatoms. The van der Waals surface area contributed by atoms with E-state index in [-0.39, 0.29) is 5.91 Å². The summed E-state index contributed by atoms with van der Waals surface area (Å²) >= 11 is 1.59. The number of aromatic nitrogens is 2. The Morgan fingerprint density at radius 2 is 2.00 bits per heavy atom. The van der Waals surface area contributed by atoms with Gasteiger partial charge in [0.05, 0.1) is 27.2 Å². The number of anilines is 1. The minimum atomic E-state index is -0.0257. The predicted molar refractivity (Wildman–Crippen MR) is 112 cm³/mol. The molecule has 0 aliphatic heterocycles. The minimum absolute atomic E-state index is 0.0257. The maximum atomic E-state index is 12.3. The summed E-state index contributed by atoms with van der Waals surface area (Å²) in [6, 6.07) is 9.77. The van der Waals surface area contributed by atoms with E-state index in [0.717, 1.165) is 41.0 Å². The third-order valence-corrected chi connectivity index (χ3v) is 4.95. The first-order chi connectivity index (χ1) is 12.9. The van der Waals surface area contributed by atoms with Crippen molar-refractivity contribution in [2.24, 2.45) is 0 Å². The van der Waals surface area contributed by atoms with Crippen molar-refractivity contribution < 1.29 is 9.69 Å². The van der Waals surface area contributed by atoms with Gasteiger partial charge in [0, 0.05) is 37.2 Å². The van der Waals surface area contributed by atoms with Gasteiger partial charge < -0.3 is 15.1 Å². The Hall–Kier alpha value is -2.12. The van der Waals surface area contributed by atoms with Crippen LogP contribution in [0.15, 0.2) is 35.5 Å². The molecule has 0 saturated heterocycles. The summed E-state index contributed by atoms with van der Waals surface area (Å²) in [6.07, 6.45) is 0.876. The first-order valence-electron chi connectivity index (χ1n) is 9.23. The predicted octanol–water partition coefficient (Wildman–Crippen LogP) is 1.27. The number of likely N-dealkylation sites (N-methyl/N-ethyl adjacent to an activating group) is 1. The summed E-state index contributed by atoms with van der Waals surface area (Å²) in [6.45, 7) is 3.67. The van der Waals surface area contributed by atoms with Crippen LogP contribution in [-0.2, 0) is 12.2 Å². The fourth-order valence-electron chi connectivity index (χ4n) is 2.41. The Morgan fingerprint density at radius 1 is 1.22 bits per heavy atom. The molecule has 1 aromatic carbocycles. The molecule has 0 fully saturated rings. The zero-order chi connectivity index (χ0) is 19.8. The molecule has 27 heavy (non-hydrogen) atoms. The second-order valence-electron chi connectivity index (χ2n) is 6.95.